The van der Waals surface area contributed by atoms with E-state index in [1.54, 1.807) is 20.8 Å². The molecule has 35 heavy (non-hydrogen) atoms. The fourth-order valence-electron chi connectivity index (χ4n) is 3.66. The van der Waals surface area contributed by atoms with E-state index in [0.29, 0.717) is 0 Å². The molecule has 3 unspecified atom stereocenters. The predicted molar refractivity (Wildman–Crippen MR) is 128 cm³/mol. The molecule has 0 saturated heterocycles. The number of ether oxygens (including phenoxy) is 3. The number of nitrogens with zero attached hydrogens (tertiary/aromatic N) is 1. The number of nitrogens with one attached hydrogen (secondary N) is 1. The summed E-state index contributed by atoms with van der Waals surface area (Å²) in [6.07, 6.45) is 0.794. The Morgan fingerprint density at radius 3 is 2.14 bits per heavy atom. The van der Waals surface area contributed by atoms with Crippen LogP contribution in [0.3, 0.4) is 0 Å². The average Bonchev–Trinajstić information content (AvgIpc) is 2.77. The Morgan fingerprint density at radius 2 is 1.60 bits per heavy atom. The summed E-state index contributed by atoms with van der Waals surface area (Å²) in [5.74, 6) is -2.89. The first-order chi connectivity index (χ1) is 16.4. The summed E-state index contributed by atoms with van der Waals surface area (Å²) < 4.78 is 29.8. The molecule has 1 amide bonds. The Balaban J connectivity index is 2.14. The van der Waals surface area contributed by atoms with Gasteiger partial charge >= 0.3 is 11.9 Å². The van der Waals surface area contributed by atoms with Gasteiger partial charge in [-0.15, -0.1) is 0 Å². The molecular formula is C26H33FN2O6. The number of carbonyl (C=O) groups is 3. The van der Waals surface area contributed by atoms with Crippen molar-refractivity contribution in [2.75, 3.05) is 7.11 Å². The zero-order chi connectivity index (χ0) is 26.4. The van der Waals surface area contributed by atoms with E-state index < -0.39 is 35.9 Å². The molecule has 8 nitrogen and oxygen atoms in total. The van der Waals surface area contributed by atoms with Crippen LogP contribution in [0, 0.1) is 25.6 Å². The smallest absolute Gasteiger partial charge is 0.328 e. The maximum Gasteiger partial charge on any atom is 0.328 e. The van der Waals surface area contributed by atoms with Crippen molar-refractivity contribution in [1.29, 1.82) is 0 Å². The molecule has 3 atom stereocenters. The third-order valence-corrected chi connectivity index (χ3v) is 5.70. The zero-order valence-corrected chi connectivity index (χ0v) is 21.4. The van der Waals surface area contributed by atoms with Gasteiger partial charge in [-0.25, -0.2) is 14.2 Å². The minimum absolute atomic E-state index is 0.129. The number of aryl methyl sites for hydroxylation is 2. The lowest BCUT2D eigenvalue weighted by molar-refractivity contribution is -0.151. The highest BCUT2D eigenvalue weighted by Crippen LogP contribution is 2.31. The number of rotatable bonds is 9. The van der Waals surface area contributed by atoms with Gasteiger partial charge in [-0.05, 0) is 56.5 Å². The molecule has 1 aromatic heterocycles. The molecule has 1 aromatic carbocycles. The fraction of sp³-hybridized carbons (Fsp3) is 0.462. The largest absolute Gasteiger partial charge is 0.493 e. The Kier molecular flexibility index (Phi) is 9.33. The molecule has 0 aliphatic rings. The van der Waals surface area contributed by atoms with E-state index in [4.69, 9.17) is 14.2 Å². The quantitative estimate of drug-likeness (QED) is 0.526. The molecule has 0 aliphatic heterocycles. The molecule has 1 heterocycles. The molecule has 2 rings (SSSR count). The first-order valence-corrected chi connectivity index (χ1v) is 11.4. The van der Waals surface area contributed by atoms with Gasteiger partial charge in [0, 0.05) is 18.2 Å². The molecular weight excluding hydrogens is 455 g/mol. The van der Waals surface area contributed by atoms with E-state index in [-0.39, 0.29) is 28.9 Å². The Morgan fingerprint density at radius 1 is 1.00 bits per heavy atom. The lowest BCUT2D eigenvalue weighted by Crippen LogP contribution is -2.41. The first kappa shape index (κ1) is 27.8. The van der Waals surface area contributed by atoms with Crippen LogP contribution in [0.2, 0.25) is 0 Å². The predicted octanol–water partition coefficient (Wildman–Crippen LogP) is 4.26. The van der Waals surface area contributed by atoms with Crippen LogP contribution in [0.5, 0.6) is 11.5 Å². The van der Waals surface area contributed by atoms with Crippen molar-refractivity contribution >= 4 is 17.8 Å². The molecule has 0 saturated carbocycles. The number of pyridine rings is 1. The molecule has 0 radical (unpaired) electrons. The molecule has 0 bridgehead atoms. The van der Waals surface area contributed by atoms with Crippen molar-refractivity contribution in [3.8, 4) is 11.5 Å². The third kappa shape index (κ3) is 6.77. The van der Waals surface area contributed by atoms with E-state index in [9.17, 15) is 18.8 Å². The van der Waals surface area contributed by atoms with E-state index in [2.05, 4.69) is 10.3 Å². The van der Waals surface area contributed by atoms with Crippen LogP contribution in [0.25, 0.3) is 0 Å². The monoisotopic (exact) mass is 488 g/mol. The van der Waals surface area contributed by atoms with Gasteiger partial charge in [0.15, 0.2) is 11.4 Å². The number of hydrogen-bond acceptors (Lipinski definition) is 7. The van der Waals surface area contributed by atoms with E-state index in [0.717, 1.165) is 16.7 Å². The van der Waals surface area contributed by atoms with Crippen LogP contribution >= 0.6 is 0 Å². The Bertz CT molecular complexity index is 1080. The molecule has 0 fully saturated rings. The SMILES string of the molecule is COc1ccnc(C(=O)NC(C)C(=O)OC(C)C(C)c2c(C)cc(F)cc2C)c1OC(=O)C(C)C. The summed E-state index contributed by atoms with van der Waals surface area (Å²) in [5.41, 5.74) is 2.25. The maximum atomic E-state index is 13.7. The Hall–Kier alpha value is -3.49. The molecule has 0 spiro atoms. The van der Waals surface area contributed by atoms with Crippen molar-refractivity contribution in [2.24, 2.45) is 5.92 Å². The van der Waals surface area contributed by atoms with Gasteiger partial charge in [0.2, 0.25) is 5.75 Å². The van der Waals surface area contributed by atoms with Gasteiger partial charge in [-0.2, -0.15) is 0 Å². The van der Waals surface area contributed by atoms with Crippen molar-refractivity contribution in [1.82, 2.24) is 10.3 Å². The van der Waals surface area contributed by atoms with Gasteiger partial charge in [-0.1, -0.05) is 20.8 Å². The number of hydrogen-bond donors (Lipinski definition) is 1. The van der Waals surface area contributed by atoms with E-state index in [1.807, 2.05) is 20.8 Å². The van der Waals surface area contributed by atoms with Crippen molar-refractivity contribution < 1.29 is 33.0 Å². The maximum absolute atomic E-state index is 13.7. The Labute approximate surface area is 205 Å². The zero-order valence-electron chi connectivity index (χ0n) is 21.4. The summed E-state index contributed by atoms with van der Waals surface area (Å²) in [7, 11) is 1.37. The number of carbonyl (C=O) groups excluding carboxylic acids is 3. The number of amides is 1. The molecule has 1 N–H and O–H groups in total. The second-order valence-corrected chi connectivity index (χ2v) is 8.85. The standard InChI is InChI=1S/C26H33FN2O6/c1-13(2)25(31)35-23-20(33-8)9-10-28-22(23)24(30)29-17(6)26(32)34-18(7)16(5)21-14(3)11-19(27)12-15(21)4/h9-13,16-18H,1-8H3,(H,29,30). The highest BCUT2D eigenvalue weighted by atomic mass is 19.1. The molecule has 0 aliphatic carbocycles. The van der Waals surface area contributed by atoms with Gasteiger partial charge < -0.3 is 19.5 Å². The number of aromatic nitrogens is 1. The molecule has 2 aromatic rings. The minimum Gasteiger partial charge on any atom is -0.493 e. The number of benzene rings is 1. The second-order valence-electron chi connectivity index (χ2n) is 8.85. The second kappa shape index (κ2) is 11.8. The number of esters is 2. The highest BCUT2D eigenvalue weighted by molar-refractivity contribution is 5.98. The lowest BCUT2D eigenvalue weighted by Gasteiger charge is -2.25. The van der Waals surface area contributed by atoms with Gasteiger partial charge in [-0.3, -0.25) is 9.59 Å². The minimum atomic E-state index is -1.02. The highest BCUT2D eigenvalue weighted by Gasteiger charge is 2.28. The lowest BCUT2D eigenvalue weighted by atomic mass is 9.88. The van der Waals surface area contributed by atoms with Crippen LogP contribution in [-0.4, -0.2) is 42.1 Å². The normalized spacial score (nSPS) is 13.5. The van der Waals surface area contributed by atoms with Crippen molar-refractivity contribution in [3.63, 3.8) is 0 Å². The van der Waals surface area contributed by atoms with Gasteiger partial charge in [0.05, 0.1) is 13.0 Å². The van der Waals surface area contributed by atoms with Crippen LogP contribution in [0.1, 0.15) is 67.7 Å². The summed E-state index contributed by atoms with van der Waals surface area (Å²) >= 11 is 0. The summed E-state index contributed by atoms with van der Waals surface area (Å²) in [6, 6.07) is 3.33. The number of halogens is 1. The third-order valence-electron chi connectivity index (χ3n) is 5.70. The fourth-order valence-corrected chi connectivity index (χ4v) is 3.66. The van der Waals surface area contributed by atoms with Gasteiger partial charge in [0.1, 0.15) is 18.0 Å². The van der Waals surface area contributed by atoms with E-state index >= 15 is 0 Å². The molecule has 190 valence electrons. The molecule has 9 heteroatoms. The van der Waals surface area contributed by atoms with Crippen molar-refractivity contribution in [2.45, 2.75) is 66.5 Å². The average molecular weight is 489 g/mol. The number of methoxy groups -OCH3 is 1. The van der Waals surface area contributed by atoms with Gasteiger partial charge in [0.25, 0.3) is 5.91 Å². The van der Waals surface area contributed by atoms with E-state index in [1.165, 1.54) is 38.4 Å². The van der Waals surface area contributed by atoms with Crippen LogP contribution in [0.15, 0.2) is 24.4 Å². The first-order valence-electron chi connectivity index (χ1n) is 11.4. The summed E-state index contributed by atoms with van der Waals surface area (Å²) in [4.78, 5) is 41.8. The van der Waals surface area contributed by atoms with Crippen LogP contribution in [-0.2, 0) is 14.3 Å². The van der Waals surface area contributed by atoms with Crippen LogP contribution < -0.4 is 14.8 Å². The summed E-state index contributed by atoms with van der Waals surface area (Å²) in [5, 5.41) is 2.53. The van der Waals surface area contributed by atoms with Crippen LogP contribution in [0.4, 0.5) is 4.39 Å². The van der Waals surface area contributed by atoms with Crippen molar-refractivity contribution in [3.05, 3.63) is 52.6 Å². The topological polar surface area (TPSA) is 104 Å². The summed E-state index contributed by atoms with van der Waals surface area (Å²) in [6.45, 7) is 12.0.